The van der Waals surface area contributed by atoms with Gasteiger partial charge in [-0.25, -0.2) is 4.79 Å². The maximum Gasteiger partial charge on any atom is 0.407 e. The lowest BCUT2D eigenvalue weighted by atomic mass is 9.80. The fourth-order valence-corrected chi connectivity index (χ4v) is 2.40. The summed E-state index contributed by atoms with van der Waals surface area (Å²) in [6.07, 6.45) is 3.19. The lowest BCUT2D eigenvalue weighted by Gasteiger charge is -2.31. The van der Waals surface area contributed by atoms with Crippen LogP contribution < -0.4 is 5.32 Å². The smallest absolute Gasteiger partial charge is 0.407 e. The number of carbonyl (C=O) groups excluding carboxylic acids is 1. The third-order valence-electron chi connectivity index (χ3n) is 2.78. The summed E-state index contributed by atoms with van der Waals surface area (Å²) in [5.41, 5.74) is 0. The highest BCUT2D eigenvalue weighted by Gasteiger charge is 2.25. The van der Waals surface area contributed by atoms with E-state index in [1.807, 2.05) is 6.92 Å². The molecule has 0 spiro atoms. The van der Waals surface area contributed by atoms with Gasteiger partial charge in [0.25, 0.3) is 0 Å². The zero-order valence-corrected chi connectivity index (χ0v) is 9.38. The van der Waals surface area contributed by atoms with Crippen molar-refractivity contribution in [1.82, 2.24) is 5.32 Å². The molecule has 1 fully saturated rings. The number of amides is 1. The molecular weight excluding hydrogens is 178 g/mol. The van der Waals surface area contributed by atoms with Crippen LogP contribution in [0.25, 0.3) is 0 Å². The maximum atomic E-state index is 11.2. The van der Waals surface area contributed by atoms with Gasteiger partial charge in [0.05, 0.1) is 6.61 Å². The predicted octanol–water partition coefficient (Wildman–Crippen LogP) is 2.56. The van der Waals surface area contributed by atoms with Gasteiger partial charge in [-0.15, -0.1) is 0 Å². The van der Waals surface area contributed by atoms with Gasteiger partial charge in [-0.2, -0.15) is 0 Å². The fourth-order valence-electron chi connectivity index (χ4n) is 2.40. The van der Waals surface area contributed by atoms with Gasteiger partial charge in [0, 0.05) is 6.04 Å². The first kappa shape index (κ1) is 11.3. The van der Waals surface area contributed by atoms with Crippen LogP contribution in [-0.4, -0.2) is 18.7 Å². The number of nitrogens with one attached hydrogen (secondary N) is 1. The van der Waals surface area contributed by atoms with Crippen LogP contribution in [0, 0.1) is 11.8 Å². The molecule has 1 aliphatic carbocycles. The van der Waals surface area contributed by atoms with Crippen LogP contribution in [0.4, 0.5) is 4.79 Å². The van der Waals surface area contributed by atoms with Crippen molar-refractivity contribution < 1.29 is 9.53 Å². The van der Waals surface area contributed by atoms with Crippen LogP contribution in [0.2, 0.25) is 0 Å². The molecule has 0 heterocycles. The quantitative estimate of drug-likeness (QED) is 0.742. The first-order valence-electron chi connectivity index (χ1n) is 5.55. The van der Waals surface area contributed by atoms with E-state index in [9.17, 15) is 4.79 Å². The minimum atomic E-state index is -0.265. The highest BCUT2D eigenvalue weighted by molar-refractivity contribution is 5.67. The normalized spacial score (nSPS) is 32.4. The molecule has 0 aromatic heterocycles. The Kier molecular flexibility index (Phi) is 4.23. The highest BCUT2D eigenvalue weighted by atomic mass is 16.5. The SMILES string of the molecule is CCOC(=O)NC1CC(C)CC(C)C1. The summed E-state index contributed by atoms with van der Waals surface area (Å²) in [5.74, 6) is 1.43. The molecule has 3 nitrogen and oxygen atoms in total. The lowest BCUT2D eigenvalue weighted by Crippen LogP contribution is -2.40. The molecule has 0 aliphatic heterocycles. The van der Waals surface area contributed by atoms with Gasteiger partial charge < -0.3 is 10.1 Å². The molecule has 0 radical (unpaired) electrons. The molecule has 0 aromatic carbocycles. The number of ether oxygens (including phenoxy) is 1. The summed E-state index contributed by atoms with van der Waals surface area (Å²) in [6.45, 7) is 6.76. The van der Waals surface area contributed by atoms with Crippen molar-refractivity contribution >= 4 is 6.09 Å². The van der Waals surface area contributed by atoms with Crippen molar-refractivity contribution in [2.75, 3.05) is 6.61 Å². The molecule has 0 bridgehead atoms. The van der Waals surface area contributed by atoms with Gasteiger partial charge in [0.2, 0.25) is 0 Å². The Hall–Kier alpha value is -0.730. The molecule has 82 valence electrons. The zero-order valence-electron chi connectivity index (χ0n) is 9.38. The van der Waals surface area contributed by atoms with Crippen molar-refractivity contribution in [3.8, 4) is 0 Å². The van der Waals surface area contributed by atoms with Crippen molar-refractivity contribution in [2.24, 2.45) is 11.8 Å². The first-order chi connectivity index (χ1) is 6.61. The topological polar surface area (TPSA) is 38.3 Å². The minimum Gasteiger partial charge on any atom is -0.450 e. The third kappa shape index (κ3) is 3.56. The van der Waals surface area contributed by atoms with Crippen LogP contribution in [-0.2, 0) is 4.74 Å². The predicted molar refractivity (Wildman–Crippen MR) is 56.1 cm³/mol. The van der Waals surface area contributed by atoms with Crippen molar-refractivity contribution in [2.45, 2.75) is 46.1 Å². The van der Waals surface area contributed by atoms with E-state index in [-0.39, 0.29) is 6.09 Å². The van der Waals surface area contributed by atoms with Crippen molar-refractivity contribution in [3.05, 3.63) is 0 Å². The summed E-state index contributed by atoms with van der Waals surface area (Å²) in [7, 11) is 0. The summed E-state index contributed by atoms with van der Waals surface area (Å²) in [4.78, 5) is 11.2. The fraction of sp³-hybridized carbons (Fsp3) is 0.909. The Balaban J connectivity index is 2.33. The van der Waals surface area contributed by atoms with Crippen molar-refractivity contribution in [3.63, 3.8) is 0 Å². The van der Waals surface area contributed by atoms with E-state index in [4.69, 9.17) is 4.74 Å². The Morgan fingerprint density at radius 1 is 1.29 bits per heavy atom. The molecule has 1 N–H and O–H groups in total. The average Bonchev–Trinajstić information content (AvgIpc) is 2.01. The van der Waals surface area contributed by atoms with E-state index in [2.05, 4.69) is 19.2 Å². The third-order valence-corrected chi connectivity index (χ3v) is 2.78. The number of hydrogen-bond donors (Lipinski definition) is 1. The van der Waals surface area contributed by atoms with Gasteiger partial charge >= 0.3 is 6.09 Å². The largest absolute Gasteiger partial charge is 0.450 e. The Labute approximate surface area is 86.2 Å². The molecule has 0 saturated heterocycles. The Bertz CT molecular complexity index is 184. The van der Waals surface area contributed by atoms with Gasteiger partial charge in [-0.3, -0.25) is 0 Å². The standard InChI is InChI=1S/C11H21NO2/c1-4-14-11(13)12-10-6-8(2)5-9(3)7-10/h8-10H,4-7H2,1-3H3,(H,12,13). The number of hydrogen-bond acceptors (Lipinski definition) is 2. The molecule has 0 aromatic rings. The summed E-state index contributed by atoms with van der Waals surface area (Å²) in [5, 5.41) is 2.92. The van der Waals surface area contributed by atoms with Crippen LogP contribution in [0.3, 0.4) is 0 Å². The monoisotopic (exact) mass is 199 g/mol. The molecule has 2 unspecified atom stereocenters. The molecule has 1 amide bonds. The van der Waals surface area contributed by atoms with Crippen LogP contribution in [0.15, 0.2) is 0 Å². The molecule has 1 aliphatic rings. The molecule has 2 atom stereocenters. The average molecular weight is 199 g/mol. The van der Waals surface area contributed by atoms with Crippen molar-refractivity contribution in [1.29, 1.82) is 0 Å². The second kappa shape index (κ2) is 5.23. The van der Waals surface area contributed by atoms with Crippen LogP contribution >= 0.6 is 0 Å². The Morgan fingerprint density at radius 2 is 1.86 bits per heavy atom. The molecule has 1 rings (SSSR count). The zero-order chi connectivity index (χ0) is 10.6. The number of rotatable bonds is 2. The number of carbonyl (C=O) groups is 1. The lowest BCUT2D eigenvalue weighted by molar-refractivity contribution is 0.138. The van der Waals surface area contributed by atoms with E-state index in [1.165, 1.54) is 6.42 Å². The van der Waals surface area contributed by atoms with E-state index in [0.29, 0.717) is 24.5 Å². The van der Waals surface area contributed by atoms with Gasteiger partial charge in [0.15, 0.2) is 0 Å². The van der Waals surface area contributed by atoms with E-state index in [0.717, 1.165) is 12.8 Å². The number of alkyl carbamates (subject to hydrolysis) is 1. The van der Waals surface area contributed by atoms with E-state index >= 15 is 0 Å². The highest BCUT2D eigenvalue weighted by Crippen LogP contribution is 2.28. The van der Waals surface area contributed by atoms with E-state index < -0.39 is 0 Å². The van der Waals surface area contributed by atoms with Gasteiger partial charge in [-0.1, -0.05) is 13.8 Å². The second-order valence-corrected chi connectivity index (χ2v) is 4.48. The summed E-state index contributed by atoms with van der Waals surface area (Å²) < 4.78 is 4.87. The second-order valence-electron chi connectivity index (χ2n) is 4.48. The van der Waals surface area contributed by atoms with E-state index in [1.54, 1.807) is 0 Å². The molecular formula is C11H21NO2. The van der Waals surface area contributed by atoms with Gasteiger partial charge in [-0.05, 0) is 38.0 Å². The molecule has 3 heteroatoms. The van der Waals surface area contributed by atoms with Crippen LogP contribution in [0.1, 0.15) is 40.0 Å². The maximum absolute atomic E-state index is 11.2. The van der Waals surface area contributed by atoms with Gasteiger partial charge in [0.1, 0.15) is 0 Å². The Morgan fingerprint density at radius 3 is 2.36 bits per heavy atom. The summed E-state index contributed by atoms with van der Waals surface area (Å²) in [6, 6.07) is 0.313. The minimum absolute atomic E-state index is 0.265. The molecule has 1 saturated carbocycles. The summed E-state index contributed by atoms with van der Waals surface area (Å²) >= 11 is 0. The molecule has 14 heavy (non-hydrogen) atoms. The first-order valence-corrected chi connectivity index (χ1v) is 5.55. The van der Waals surface area contributed by atoms with Crippen LogP contribution in [0.5, 0.6) is 0 Å².